The fraction of sp³-hybridized carbons (Fsp3) is 0.429. The van der Waals surface area contributed by atoms with Crippen LogP contribution in [0.1, 0.15) is 13.3 Å². The number of allylic oxidation sites excluding steroid dienone is 1. The largest absolute Gasteiger partial charge is 0.508 e. The van der Waals surface area contributed by atoms with Crippen LogP contribution < -0.4 is 0 Å². The highest BCUT2D eigenvalue weighted by atomic mass is 16.3. The zero-order chi connectivity index (χ0) is 7.78. The van der Waals surface area contributed by atoms with Gasteiger partial charge in [-0.05, 0) is 19.1 Å². The molecule has 0 aromatic heterocycles. The Balaban J connectivity index is 2.85. The minimum Gasteiger partial charge on any atom is -0.508 e. The zero-order valence-electron chi connectivity index (χ0n) is 5.70. The molecular formula is C7H10O3. The van der Waals surface area contributed by atoms with E-state index in [0.717, 1.165) is 0 Å². The molecule has 0 amide bonds. The highest BCUT2D eigenvalue weighted by Gasteiger charge is 2.23. The lowest BCUT2D eigenvalue weighted by Crippen LogP contribution is -2.24. The number of aliphatic hydroxyl groups excluding tert-OH is 2. The molecule has 0 fully saturated rings. The molecule has 0 spiro atoms. The van der Waals surface area contributed by atoms with Crippen LogP contribution in [0.2, 0.25) is 0 Å². The number of rotatable bonds is 0. The molecule has 3 nitrogen and oxygen atoms in total. The normalized spacial score (nSPS) is 33.0. The van der Waals surface area contributed by atoms with E-state index >= 15 is 0 Å². The van der Waals surface area contributed by atoms with Crippen LogP contribution in [0.4, 0.5) is 0 Å². The Bertz CT molecular complexity index is 201. The van der Waals surface area contributed by atoms with Crippen molar-refractivity contribution in [1.29, 1.82) is 0 Å². The Hall–Kier alpha value is -0.960. The van der Waals surface area contributed by atoms with Crippen molar-refractivity contribution in [3.05, 3.63) is 23.7 Å². The van der Waals surface area contributed by atoms with Crippen LogP contribution in [-0.2, 0) is 0 Å². The summed E-state index contributed by atoms with van der Waals surface area (Å²) in [4.78, 5) is 0. The van der Waals surface area contributed by atoms with Crippen molar-refractivity contribution in [2.75, 3.05) is 0 Å². The summed E-state index contributed by atoms with van der Waals surface area (Å²) in [6, 6.07) is 0. The molecule has 0 saturated heterocycles. The van der Waals surface area contributed by atoms with Crippen LogP contribution in [-0.4, -0.2) is 20.9 Å². The first-order valence-electron chi connectivity index (χ1n) is 3.04. The summed E-state index contributed by atoms with van der Waals surface area (Å²) < 4.78 is 0. The molecule has 0 aliphatic heterocycles. The first-order chi connectivity index (χ1) is 4.51. The summed E-state index contributed by atoms with van der Waals surface area (Å²) in [6.07, 6.45) is 2.82. The maximum atomic E-state index is 9.27. The molecule has 0 saturated carbocycles. The van der Waals surface area contributed by atoms with Gasteiger partial charge in [-0.25, -0.2) is 0 Å². The Morgan fingerprint density at radius 2 is 2.10 bits per heavy atom. The highest BCUT2D eigenvalue weighted by Crippen LogP contribution is 2.23. The Labute approximate surface area is 58.9 Å². The zero-order valence-corrected chi connectivity index (χ0v) is 5.70. The summed E-state index contributed by atoms with van der Waals surface area (Å²) in [5, 5.41) is 27.0. The molecule has 1 rings (SSSR count). The molecule has 0 heterocycles. The lowest BCUT2D eigenvalue weighted by atomic mass is 9.96. The molecule has 0 bridgehead atoms. The van der Waals surface area contributed by atoms with Crippen molar-refractivity contribution < 1.29 is 15.3 Å². The first-order valence-corrected chi connectivity index (χ1v) is 3.04. The number of hydrogen-bond acceptors (Lipinski definition) is 3. The van der Waals surface area contributed by atoms with Crippen LogP contribution in [0.5, 0.6) is 0 Å². The molecule has 0 aromatic rings. The third-order valence-electron chi connectivity index (χ3n) is 1.42. The van der Waals surface area contributed by atoms with Gasteiger partial charge in [0, 0.05) is 6.42 Å². The van der Waals surface area contributed by atoms with Crippen LogP contribution in [0.15, 0.2) is 23.7 Å². The fourth-order valence-corrected chi connectivity index (χ4v) is 0.843. The smallest absolute Gasteiger partial charge is 0.152 e. The lowest BCUT2D eigenvalue weighted by Gasteiger charge is -2.21. The van der Waals surface area contributed by atoms with E-state index in [2.05, 4.69) is 0 Å². The van der Waals surface area contributed by atoms with E-state index in [1.165, 1.54) is 12.2 Å². The van der Waals surface area contributed by atoms with Gasteiger partial charge in [0.25, 0.3) is 0 Å². The van der Waals surface area contributed by atoms with E-state index < -0.39 is 5.60 Å². The summed E-state index contributed by atoms with van der Waals surface area (Å²) >= 11 is 0. The van der Waals surface area contributed by atoms with Gasteiger partial charge in [0.05, 0.1) is 5.60 Å². The van der Waals surface area contributed by atoms with Gasteiger partial charge in [-0.15, -0.1) is 0 Å². The molecule has 1 unspecified atom stereocenters. The Morgan fingerprint density at radius 3 is 2.50 bits per heavy atom. The fourth-order valence-electron chi connectivity index (χ4n) is 0.843. The second kappa shape index (κ2) is 2.02. The average Bonchev–Trinajstić information content (AvgIpc) is 1.79. The van der Waals surface area contributed by atoms with Gasteiger partial charge in [-0.1, -0.05) is 0 Å². The van der Waals surface area contributed by atoms with E-state index in [1.54, 1.807) is 6.92 Å². The van der Waals surface area contributed by atoms with Crippen molar-refractivity contribution in [2.45, 2.75) is 18.9 Å². The van der Waals surface area contributed by atoms with Gasteiger partial charge in [0.15, 0.2) is 5.76 Å². The average molecular weight is 142 g/mol. The van der Waals surface area contributed by atoms with Crippen LogP contribution >= 0.6 is 0 Å². The van der Waals surface area contributed by atoms with Gasteiger partial charge in [-0.3, -0.25) is 0 Å². The predicted molar refractivity (Wildman–Crippen MR) is 36.7 cm³/mol. The van der Waals surface area contributed by atoms with Crippen LogP contribution in [0.3, 0.4) is 0 Å². The van der Waals surface area contributed by atoms with Crippen molar-refractivity contribution >= 4 is 0 Å². The summed E-state index contributed by atoms with van der Waals surface area (Å²) in [5.74, 6) is -0.320. The molecule has 3 heteroatoms. The van der Waals surface area contributed by atoms with E-state index in [1.807, 2.05) is 0 Å². The maximum Gasteiger partial charge on any atom is 0.152 e. The monoisotopic (exact) mass is 142 g/mol. The lowest BCUT2D eigenvalue weighted by molar-refractivity contribution is 0.0912. The van der Waals surface area contributed by atoms with Gasteiger partial charge >= 0.3 is 0 Å². The molecule has 1 aliphatic carbocycles. The summed E-state index contributed by atoms with van der Waals surface area (Å²) in [7, 11) is 0. The molecule has 56 valence electrons. The topological polar surface area (TPSA) is 60.7 Å². The molecule has 0 aromatic carbocycles. The van der Waals surface area contributed by atoms with Crippen LogP contribution in [0.25, 0.3) is 0 Å². The van der Waals surface area contributed by atoms with Crippen LogP contribution in [0, 0.1) is 0 Å². The maximum absolute atomic E-state index is 9.27. The standard InChI is InChI=1S/C7H10O3/c1-7(10)3-2-5(8)6(9)4-7/h2-3,8-10H,4H2,1H3. The molecule has 10 heavy (non-hydrogen) atoms. The third kappa shape index (κ3) is 1.30. The van der Waals surface area contributed by atoms with Crippen molar-refractivity contribution in [3.63, 3.8) is 0 Å². The van der Waals surface area contributed by atoms with Crippen molar-refractivity contribution in [3.8, 4) is 0 Å². The molecular weight excluding hydrogens is 132 g/mol. The van der Waals surface area contributed by atoms with E-state index in [-0.39, 0.29) is 17.9 Å². The summed E-state index contributed by atoms with van der Waals surface area (Å²) in [5.41, 5.74) is -1.02. The molecule has 1 atom stereocenters. The van der Waals surface area contributed by atoms with E-state index in [4.69, 9.17) is 10.2 Å². The van der Waals surface area contributed by atoms with Gasteiger partial charge in [0.1, 0.15) is 5.76 Å². The minimum absolute atomic E-state index is 0.0787. The second-order valence-corrected chi connectivity index (χ2v) is 2.70. The summed E-state index contributed by atoms with van der Waals surface area (Å²) in [6.45, 7) is 1.56. The third-order valence-corrected chi connectivity index (χ3v) is 1.42. The van der Waals surface area contributed by atoms with E-state index in [9.17, 15) is 5.11 Å². The van der Waals surface area contributed by atoms with E-state index in [0.29, 0.717) is 0 Å². The van der Waals surface area contributed by atoms with Gasteiger partial charge < -0.3 is 15.3 Å². The van der Waals surface area contributed by atoms with Crippen molar-refractivity contribution in [2.24, 2.45) is 0 Å². The van der Waals surface area contributed by atoms with Crippen molar-refractivity contribution in [1.82, 2.24) is 0 Å². The molecule has 1 aliphatic rings. The number of aliphatic hydroxyl groups is 3. The number of hydrogen-bond donors (Lipinski definition) is 3. The highest BCUT2D eigenvalue weighted by molar-refractivity contribution is 5.24. The Kier molecular flexibility index (Phi) is 1.45. The first kappa shape index (κ1) is 7.15. The second-order valence-electron chi connectivity index (χ2n) is 2.70. The molecule has 3 N–H and O–H groups in total. The Morgan fingerprint density at radius 1 is 1.50 bits per heavy atom. The minimum atomic E-state index is -1.02. The quantitative estimate of drug-likeness (QED) is 0.473. The van der Waals surface area contributed by atoms with Gasteiger partial charge in [0.2, 0.25) is 0 Å². The van der Waals surface area contributed by atoms with Gasteiger partial charge in [-0.2, -0.15) is 0 Å². The predicted octanol–water partition coefficient (Wildman–Crippen LogP) is 1.02. The SMILES string of the molecule is CC1(O)C=CC(O)=C(O)C1. The molecule has 0 radical (unpaired) electrons.